The molecule has 0 atom stereocenters. The fourth-order valence-electron chi connectivity index (χ4n) is 3.93. The minimum Gasteiger partial charge on any atom is -0.353 e. The third-order valence-corrected chi connectivity index (χ3v) is 5.66. The van der Waals surface area contributed by atoms with Gasteiger partial charge in [-0.25, -0.2) is 0 Å². The molecule has 8 nitrogen and oxygen atoms in total. The molecule has 0 bridgehead atoms. The van der Waals surface area contributed by atoms with Crippen LogP contribution in [-0.4, -0.2) is 54.7 Å². The van der Waals surface area contributed by atoms with Gasteiger partial charge in [-0.1, -0.05) is 31.4 Å². The topological polar surface area (TPSA) is 108 Å². The summed E-state index contributed by atoms with van der Waals surface area (Å²) in [6.45, 7) is 1.32. The molecule has 3 rings (SSSR count). The molecule has 1 aromatic carbocycles. The van der Waals surface area contributed by atoms with E-state index in [2.05, 4.69) is 16.0 Å². The molecule has 0 aromatic heterocycles. The second-order valence-electron chi connectivity index (χ2n) is 8.04. The van der Waals surface area contributed by atoms with Gasteiger partial charge in [0.05, 0.1) is 13.1 Å². The molecule has 1 aliphatic heterocycles. The molecule has 2 fully saturated rings. The van der Waals surface area contributed by atoms with E-state index in [1.165, 1.54) is 24.2 Å². The van der Waals surface area contributed by atoms with Gasteiger partial charge in [-0.2, -0.15) is 0 Å². The maximum Gasteiger partial charge on any atom is 0.254 e. The number of amides is 4. The lowest BCUT2D eigenvalue weighted by Gasteiger charge is -2.26. The van der Waals surface area contributed by atoms with Gasteiger partial charge in [-0.15, -0.1) is 0 Å². The standard InChI is InChI=1S/C22H30N4O4/c27-19(12-16-4-2-1-3-5-16)25-14-20(28)24-13-17-6-8-18(9-7-17)22(30)26-11-10-23-21(29)15-26/h6-9,16H,1-5,10-15H2,(H,23,29)(H,24,28)(H,25,27). The number of benzene rings is 1. The van der Waals surface area contributed by atoms with Crippen LogP contribution in [0.25, 0.3) is 0 Å². The van der Waals surface area contributed by atoms with E-state index in [-0.39, 0.29) is 36.7 Å². The third kappa shape index (κ3) is 6.57. The number of hydrogen-bond acceptors (Lipinski definition) is 4. The van der Waals surface area contributed by atoms with Crippen LogP contribution in [0.3, 0.4) is 0 Å². The summed E-state index contributed by atoms with van der Waals surface area (Å²) in [5, 5.41) is 8.16. The Bertz CT molecular complexity index is 772. The lowest BCUT2D eigenvalue weighted by atomic mass is 9.87. The van der Waals surface area contributed by atoms with Crippen molar-refractivity contribution in [2.45, 2.75) is 45.1 Å². The van der Waals surface area contributed by atoms with Gasteiger partial charge in [-0.3, -0.25) is 19.2 Å². The second-order valence-corrected chi connectivity index (χ2v) is 8.04. The Kier molecular flexibility index (Phi) is 7.82. The van der Waals surface area contributed by atoms with Crippen LogP contribution in [0, 0.1) is 5.92 Å². The molecule has 162 valence electrons. The number of piperazine rings is 1. The number of carbonyl (C=O) groups is 4. The lowest BCUT2D eigenvalue weighted by Crippen LogP contribution is -2.49. The highest BCUT2D eigenvalue weighted by Gasteiger charge is 2.22. The van der Waals surface area contributed by atoms with E-state index in [9.17, 15) is 19.2 Å². The molecule has 30 heavy (non-hydrogen) atoms. The molecule has 0 radical (unpaired) electrons. The van der Waals surface area contributed by atoms with Gasteiger partial charge < -0.3 is 20.9 Å². The third-order valence-electron chi connectivity index (χ3n) is 5.66. The molecule has 8 heteroatoms. The first-order valence-electron chi connectivity index (χ1n) is 10.7. The van der Waals surface area contributed by atoms with Crippen molar-refractivity contribution in [3.63, 3.8) is 0 Å². The lowest BCUT2D eigenvalue weighted by molar-refractivity contribution is -0.126. The summed E-state index contributed by atoms with van der Waals surface area (Å²) < 4.78 is 0. The Morgan fingerprint density at radius 2 is 1.73 bits per heavy atom. The van der Waals surface area contributed by atoms with Crippen molar-refractivity contribution in [2.24, 2.45) is 5.92 Å². The minimum absolute atomic E-state index is 0.0286. The maximum atomic E-state index is 12.5. The highest BCUT2D eigenvalue weighted by atomic mass is 16.2. The van der Waals surface area contributed by atoms with Crippen LogP contribution in [-0.2, 0) is 20.9 Å². The van der Waals surface area contributed by atoms with Crippen LogP contribution in [0.2, 0.25) is 0 Å². The summed E-state index contributed by atoms with van der Waals surface area (Å²) in [4.78, 5) is 49.4. The van der Waals surface area contributed by atoms with Gasteiger partial charge in [0, 0.05) is 31.6 Å². The smallest absolute Gasteiger partial charge is 0.254 e. The summed E-state index contributed by atoms with van der Waals surface area (Å²) in [6, 6.07) is 6.95. The van der Waals surface area contributed by atoms with Crippen molar-refractivity contribution in [3.05, 3.63) is 35.4 Å². The number of nitrogens with zero attached hydrogens (tertiary/aromatic N) is 1. The van der Waals surface area contributed by atoms with Crippen molar-refractivity contribution in [1.29, 1.82) is 0 Å². The van der Waals surface area contributed by atoms with Gasteiger partial charge in [-0.05, 0) is 36.5 Å². The Morgan fingerprint density at radius 3 is 2.43 bits per heavy atom. The van der Waals surface area contributed by atoms with Crippen molar-refractivity contribution in [3.8, 4) is 0 Å². The van der Waals surface area contributed by atoms with Crippen LogP contribution in [0.4, 0.5) is 0 Å². The highest BCUT2D eigenvalue weighted by molar-refractivity contribution is 5.97. The normalized spacial score (nSPS) is 17.2. The number of carbonyl (C=O) groups excluding carboxylic acids is 4. The first kappa shape index (κ1) is 21.8. The van der Waals surface area contributed by atoms with Gasteiger partial charge in [0.1, 0.15) is 0 Å². The number of rotatable bonds is 7. The number of nitrogens with one attached hydrogen (secondary N) is 3. The molecule has 2 aliphatic rings. The molecule has 1 heterocycles. The van der Waals surface area contributed by atoms with Gasteiger partial charge in [0.25, 0.3) is 5.91 Å². The Labute approximate surface area is 176 Å². The van der Waals surface area contributed by atoms with Crippen molar-refractivity contribution in [1.82, 2.24) is 20.9 Å². The average Bonchev–Trinajstić information content (AvgIpc) is 2.77. The molecule has 3 N–H and O–H groups in total. The average molecular weight is 415 g/mol. The van der Waals surface area contributed by atoms with E-state index in [1.807, 2.05) is 0 Å². The van der Waals surface area contributed by atoms with Crippen LogP contribution in [0.1, 0.15) is 54.4 Å². The van der Waals surface area contributed by atoms with E-state index in [4.69, 9.17) is 0 Å². The second kappa shape index (κ2) is 10.8. The zero-order valence-electron chi connectivity index (χ0n) is 17.2. The summed E-state index contributed by atoms with van der Waals surface area (Å²) in [5.41, 5.74) is 1.36. The number of hydrogen-bond donors (Lipinski definition) is 3. The molecule has 1 saturated heterocycles. The molecule has 1 aromatic rings. The van der Waals surface area contributed by atoms with E-state index in [0.29, 0.717) is 37.5 Å². The Balaban J connectivity index is 1.37. The monoisotopic (exact) mass is 414 g/mol. The van der Waals surface area contributed by atoms with E-state index >= 15 is 0 Å². The fourth-order valence-corrected chi connectivity index (χ4v) is 3.93. The molecule has 1 saturated carbocycles. The van der Waals surface area contributed by atoms with Crippen LogP contribution in [0.15, 0.2) is 24.3 Å². The molecule has 4 amide bonds. The zero-order valence-corrected chi connectivity index (χ0v) is 17.2. The minimum atomic E-state index is -0.244. The maximum absolute atomic E-state index is 12.5. The molecule has 0 unspecified atom stereocenters. The summed E-state index contributed by atoms with van der Waals surface area (Å²) in [7, 11) is 0. The van der Waals surface area contributed by atoms with E-state index in [0.717, 1.165) is 18.4 Å². The predicted molar refractivity (Wildman–Crippen MR) is 111 cm³/mol. The summed E-state index contributed by atoms with van der Waals surface area (Å²) >= 11 is 0. The first-order chi connectivity index (χ1) is 14.5. The molecule has 1 aliphatic carbocycles. The van der Waals surface area contributed by atoms with Crippen LogP contribution < -0.4 is 16.0 Å². The molecule has 0 spiro atoms. The van der Waals surface area contributed by atoms with Crippen molar-refractivity contribution >= 4 is 23.6 Å². The zero-order chi connectivity index (χ0) is 21.3. The first-order valence-corrected chi connectivity index (χ1v) is 10.7. The van der Waals surface area contributed by atoms with Crippen molar-refractivity contribution in [2.75, 3.05) is 26.2 Å². The van der Waals surface area contributed by atoms with Gasteiger partial charge in [0.15, 0.2) is 0 Å². The largest absolute Gasteiger partial charge is 0.353 e. The molecular weight excluding hydrogens is 384 g/mol. The Hall–Kier alpha value is -2.90. The van der Waals surface area contributed by atoms with E-state index in [1.54, 1.807) is 24.3 Å². The summed E-state index contributed by atoms with van der Waals surface area (Å²) in [6.07, 6.45) is 6.34. The molecular formula is C22H30N4O4. The SMILES string of the molecule is O=C(CNC(=O)CC1CCCCC1)NCc1ccc(C(=O)N2CCNC(=O)C2)cc1. The predicted octanol–water partition coefficient (Wildman–Crippen LogP) is 0.961. The van der Waals surface area contributed by atoms with Crippen molar-refractivity contribution < 1.29 is 19.2 Å². The summed E-state index contributed by atoms with van der Waals surface area (Å²) in [5.74, 6) is -0.193. The van der Waals surface area contributed by atoms with Gasteiger partial charge in [0.2, 0.25) is 17.7 Å². The van der Waals surface area contributed by atoms with Crippen LogP contribution in [0.5, 0.6) is 0 Å². The van der Waals surface area contributed by atoms with Gasteiger partial charge >= 0.3 is 0 Å². The quantitative estimate of drug-likeness (QED) is 0.618. The Morgan fingerprint density at radius 1 is 1.00 bits per heavy atom. The van der Waals surface area contributed by atoms with Crippen LogP contribution >= 0.6 is 0 Å². The fraction of sp³-hybridized carbons (Fsp3) is 0.545. The highest BCUT2D eigenvalue weighted by Crippen LogP contribution is 2.25. The van der Waals surface area contributed by atoms with E-state index < -0.39 is 0 Å².